The molecular weight excluding hydrogens is 794 g/mol. The summed E-state index contributed by atoms with van der Waals surface area (Å²) in [6.07, 6.45) is 1.76. The normalized spacial score (nSPS) is 23.7. The van der Waals surface area contributed by atoms with E-state index in [9.17, 15) is 29.2 Å². The van der Waals surface area contributed by atoms with Gasteiger partial charge in [0, 0.05) is 69.1 Å². The van der Waals surface area contributed by atoms with Gasteiger partial charge >= 0.3 is 0 Å². The van der Waals surface area contributed by atoms with E-state index in [1.807, 2.05) is 37.8 Å². The predicted molar refractivity (Wildman–Crippen MR) is 227 cm³/mol. The van der Waals surface area contributed by atoms with E-state index in [2.05, 4.69) is 54.2 Å². The van der Waals surface area contributed by atoms with E-state index >= 15 is 4.39 Å². The summed E-state index contributed by atoms with van der Waals surface area (Å²) < 4.78 is 22.0. The van der Waals surface area contributed by atoms with Crippen molar-refractivity contribution in [2.45, 2.75) is 92.3 Å². The van der Waals surface area contributed by atoms with Crippen molar-refractivity contribution in [3.63, 3.8) is 0 Å². The number of nitrogens with zero attached hydrogens (tertiary/aromatic N) is 7. The zero-order valence-electron chi connectivity index (χ0n) is 36.4. The first-order valence-corrected chi connectivity index (χ1v) is 21.5. The van der Waals surface area contributed by atoms with E-state index in [1.54, 1.807) is 6.07 Å². The minimum Gasteiger partial charge on any atom is -0.489 e. The number of amides is 5. The number of piperidine rings is 2. The van der Waals surface area contributed by atoms with Crippen molar-refractivity contribution in [2.24, 2.45) is 16.7 Å². The highest BCUT2D eigenvalue weighted by Gasteiger charge is 2.64. The minimum absolute atomic E-state index is 0.0112. The van der Waals surface area contributed by atoms with Gasteiger partial charge in [0.1, 0.15) is 23.7 Å². The quantitative estimate of drug-likeness (QED) is 0.289. The summed E-state index contributed by atoms with van der Waals surface area (Å²) in [7, 11) is 0. The number of aryl methyl sites for hydroxylation is 3. The van der Waals surface area contributed by atoms with Crippen LogP contribution in [0.5, 0.6) is 5.75 Å². The van der Waals surface area contributed by atoms with Crippen molar-refractivity contribution in [1.29, 1.82) is 5.26 Å². The molecule has 16 heteroatoms. The zero-order chi connectivity index (χ0) is 44.4. The smallest absolute Gasteiger partial charge is 0.262 e. The minimum atomic E-state index is -1.11. The third kappa shape index (κ3) is 7.54. The fourth-order valence-corrected chi connectivity index (χ4v) is 10.7. The molecule has 4 aliphatic heterocycles. The summed E-state index contributed by atoms with van der Waals surface area (Å²) in [4.78, 5) is 81.5. The van der Waals surface area contributed by atoms with Gasteiger partial charge in [-0.2, -0.15) is 5.26 Å². The van der Waals surface area contributed by atoms with Gasteiger partial charge in [-0.15, -0.1) is 0 Å². The van der Waals surface area contributed by atoms with Crippen LogP contribution in [0.2, 0.25) is 0 Å². The number of carbonyl (C=O) groups is 5. The number of ether oxygens (including phenoxy) is 1. The van der Waals surface area contributed by atoms with Gasteiger partial charge in [0.25, 0.3) is 17.7 Å². The number of carbonyl (C=O) groups excluding carboxylic acids is 5. The number of nitriles is 1. The van der Waals surface area contributed by atoms with Crippen molar-refractivity contribution in [3.8, 4) is 11.8 Å². The van der Waals surface area contributed by atoms with E-state index in [1.165, 1.54) is 6.07 Å². The molecular formula is C46H54FN9O6. The van der Waals surface area contributed by atoms with Gasteiger partial charge in [-0.1, -0.05) is 27.7 Å². The molecule has 5 amide bonds. The number of piperazine rings is 1. The van der Waals surface area contributed by atoms with Crippen molar-refractivity contribution >= 4 is 41.2 Å². The topological polar surface area (TPSA) is 181 Å². The third-order valence-corrected chi connectivity index (χ3v) is 13.8. The molecule has 5 aliphatic rings. The molecule has 0 bridgehead atoms. The van der Waals surface area contributed by atoms with Gasteiger partial charge in [-0.3, -0.25) is 39.1 Å². The summed E-state index contributed by atoms with van der Waals surface area (Å²) in [6.45, 7) is 19.0. The van der Waals surface area contributed by atoms with Gasteiger partial charge in [-0.05, 0) is 81.8 Å². The second kappa shape index (κ2) is 16.1. The highest BCUT2D eigenvalue weighted by Crippen LogP contribution is 2.55. The Morgan fingerprint density at radius 2 is 1.52 bits per heavy atom. The first-order valence-electron chi connectivity index (χ1n) is 21.5. The molecule has 0 spiro atoms. The van der Waals surface area contributed by atoms with Crippen LogP contribution in [0, 0.1) is 54.7 Å². The highest BCUT2D eigenvalue weighted by molar-refractivity contribution is 6.23. The third-order valence-electron chi connectivity index (χ3n) is 13.8. The molecule has 326 valence electrons. The lowest BCUT2D eigenvalue weighted by Gasteiger charge is -2.63. The van der Waals surface area contributed by atoms with Crippen molar-refractivity contribution < 1.29 is 33.1 Å². The number of imide groups is 2. The second-order valence-electron chi connectivity index (χ2n) is 18.7. The number of benzene rings is 2. The molecule has 15 nitrogen and oxygen atoms in total. The van der Waals surface area contributed by atoms with Crippen LogP contribution in [0.15, 0.2) is 30.3 Å². The lowest BCUT2D eigenvalue weighted by Crippen LogP contribution is -2.74. The number of fused-ring (bicyclic) bond motifs is 1. The Balaban J connectivity index is 0.829. The van der Waals surface area contributed by atoms with Crippen LogP contribution < -0.4 is 25.2 Å². The Bertz CT molecular complexity index is 2370. The summed E-state index contributed by atoms with van der Waals surface area (Å²) in [5.41, 5.74) is 2.70. The van der Waals surface area contributed by atoms with Gasteiger partial charge in [0.15, 0.2) is 0 Å². The maximum Gasteiger partial charge on any atom is 0.262 e. The molecule has 1 atom stereocenters. The van der Waals surface area contributed by atoms with Gasteiger partial charge in [0.05, 0.1) is 45.4 Å². The van der Waals surface area contributed by atoms with E-state index in [4.69, 9.17) is 14.7 Å². The van der Waals surface area contributed by atoms with Crippen LogP contribution >= 0.6 is 0 Å². The molecule has 1 aromatic heterocycles. The number of anilines is 2. The summed E-state index contributed by atoms with van der Waals surface area (Å²) in [6, 6.07) is 8.91. The standard InChI is InChI=1S/C46H54FN9O6/c1-25-20-30(9-8-29(25)23-48)62-43-45(4,5)42(46(43,6)7)52-39(59)37-26(2)49-44(50-27(37)3)55-14-12-28(13-15-55)24-53-16-18-54(19-17-53)35-22-32-31(21-33(35)47)40(60)56(41(32)61)34-10-11-36(57)51-38(34)58/h8-9,20-22,28,34,42-43H,10-19,24H2,1-7H3,(H,52,59)(H,51,57,58)/t34?,42-,43-. The summed E-state index contributed by atoms with van der Waals surface area (Å²) in [5.74, 6) is -1.57. The van der Waals surface area contributed by atoms with Crippen LogP contribution in [0.3, 0.4) is 0 Å². The number of hydrogen-bond donors (Lipinski definition) is 2. The van der Waals surface area contributed by atoms with Crippen LogP contribution in [0.25, 0.3) is 0 Å². The monoisotopic (exact) mass is 847 g/mol. The van der Waals surface area contributed by atoms with Crippen LogP contribution in [0.1, 0.15) is 107 Å². The molecule has 8 rings (SSSR count). The second-order valence-corrected chi connectivity index (χ2v) is 18.7. The molecule has 62 heavy (non-hydrogen) atoms. The number of hydrogen-bond acceptors (Lipinski definition) is 12. The van der Waals surface area contributed by atoms with E-state index < -0.39 is 35.5 Å². The van der Waals surface area contributed by atoms with Crippen LogP contribution in [0.4, 0.5) is 16.0 Å². The van der Waals surface area contributed by atoms with E-state index in [0.29, 0.717) is 66.3 Å². The number of rotatable bonds is 9. The summed E-state index contributed by atoms with van der Waals surface area (Å²) in [5, 5.41) is 14.8. The van der Waals surface area contributed by atoms with Gasteiger partial charge in [-0.25, -0.2) is 14.4 Å². The Morgan fingerprint density at radius 1 is 0.887 bits per heavy atom. The first kappa shape index (κ1) is 42.7. The van der Waals surface area contributed by atoms with Crippen molar-refractivity contribution in [3.05, 3.63) is 75.4 Å². The predicted octanol–water partition coefficient (Wildman–Crippen LogP) is 4.46. The van der Waals surface area contributed by atoms with Crippen LogP contribution in [-0.4, -0.2) is 113 Å². The number of nitrogens with one attached hydrogen (secondary N) is 2. The maximum atomic E-state index is 15.5. The molecule has 2 N–H and O–H groups in total. The number of halogens is 1. The van der Waals surface area contributed by atoms with Crippen molar-refractivity contribution in [1.82, 2.24) is 30.4 Å². The molecule has 1 saturated carbocycles. The van der Waals surface area contributed by atoms with E-state index in [0.717, 1.165) is 49.0 Å². The highest BCUT2D eigenvalue weighted by atomic mass is 19.1. The lowest BCUT2D eigenvalue weighted by atomic mass is 9.49. The largest absolute Gasteiger partial charge is 0.489 e. The Hall–Kier alpha value is -5.95. The Labute approximate surface area is 361 Å². The number of aromatic nitrogens is 2. The maximum absolute atomic E-state index is 15.5. The molecule has 3 aromatic rings. The zero-order valence-corrected chi connectivity index (χ0v) is 36.4. The SMILES string of the molecule is Cc1cc(O[C@H]2C(C)(C)[C@H](NC(=O)c3c(C)nc(N4CCC(CN5CCN(c6cc7c(cc6F)C(=O)N(C6CCC(=O)NC6=O)C7=O)CC5)CC4)nc3C)C2(C)C)ccc1C#N. The summed E-state index contributed by atoms with van der Waals surface area (Å²) >= 11 is 0. The molecule has 2 aromatic carbocycles. The molecule has 1 unspecified atom stereocenters. The average Bonchev–Trinajstić information content (AvgIpc) is 3.46. The fraction of sp³-hybridized carbons (Fsp3) is 0.522. The Kier molecular flexibility index (Phi) is 11.1. The van der Waals surface area contributed by atoms with Gasteiger partial charge < -0.3 is 19.9 Å². The molecule has 3 saturated heterocycles. The van der Waals surface area contributed by atoms with Gasteiger partial charge in [0.2, 0.25) is 17.8 Å². The Morgan fingerprint density at radius 3 is 2.11 bits per heavy atom. The molecule has 4 fully saturated rings. The van der Waals surface area contributed by atoms with Crippen molar-refractivity contribution in [2.75, 3.05) is 55.6 Å². The van der Waals surface area contributed by atoms with E-state index in [-0.39, 0.29) is 58.5 Å². The van der Waals surface area contributed by atoms with Crippen LogP contribution in [-0.2, 0) is 9.59 Å². The average molecular weight is 848 g/mol. The molecule has 0 radical (unpaired) electrons. The molecule has 5 heterocycles. The first-order chi connectivity index (χ1) is 29.4. The molecule has 1 aliphatic carbocycles. The lowest BCUT2D eigenvalue weighted by molar-refractivity contribution is -0.164. The fourth-order valence-electron chi connectivity index (χ4n) is 10.7.